The van der Waals surface area contributed by atoms with E-state index in [0.29, 0.717) is 11.2 Å². The first-order valence-corrected chi connectivity index (χ1v) is 5.14. The molecule has 0 saturated heterocycles. The second-order valence-electron chi connectivity index (χ2n) is 1.35. The molecule has 0 aromatic rings. The highest BCUT2D eigenvalue weighted by Crippen LogP contribution is 2.38. The fourth-order valence-electron chi connectivity index (χ4n) is 0.195. The van der Waals surface area contributed by atoms with Crippen molar-refractivity contribution in [1.82, 2.24) is 4.49 Å². The van der Waals surface area contributed by atoms with Gasteiger partial charge in [-0.05, 0) is 0 Å². The Balaban J connectivity index is 4.26. The van der Waals surface area contributed by atoms with E-state index >= 15 is 0 Å². The molecule has 0 aliphatic carbocycles. The SMILES string of the molecule is CP(=O)(F)NS(=O)(=O)F. The van der Waals surface area contributed by atoms with Gasteiger partial charge in [0.2, 0.25) is 0 Å². The van der Waals surface area contributed by atoms with Gasteiger partial charge in [0.1, 0.15) is 0 Å². The molecule has 4 nitrogen and oxygen atoms in total. The van der Waals surface area contributed by atoms with Crippen molar-refractivity contribution in [3.8, 4) is 0 Å². The van der Waals surface area contributed by atoms with Crippen LogP contribution in [0.5, 0.6) is 0 Å². The molecule has 1 atom stereocenters. The molecule has 1 N–H and O–H groups in total. The monoisotopic (exact) mass is 179 g/mol. The van der Waals surface area contributed by atoms with E-state index in [4.69, 9.17) is 0 Å². The molecule has 0 aromatic heterocycles. The number of halogens is 2. The van der Waals surface area contributed by atoms with Gasteiger partial charge in [-0.25, -0.2) is 0 Å². The van der Waals surface area contributed by atoms with Gasteiger partial charge >= 0.3 is 18.0 Å². The summed E-state index contributed by atoms with van der Waals surface area (Å²) in [4.78, 5) is 0. The van der Waals surface area contributed by atoms with Gasteiger partial charge in [-0.15, -0.1) is 4.49 Å². The van der Waals surface area contributed by atoms with Crippen molar-refractivity contribution in [2.24, 2.45) is 0 Å². The van der Waals surface area contributed by atoms with Crippen molar-refractivity contribution >= 4 is 18.0 Å². The van der Waals surface area contributed by atoms with Crippen molar-refractivity contribution in [1.29, 1.82) is 0 Å². The third-order valence-corrected chi connectivity index (χ3v) is 2.45. The minimum Gasteiger partial charge on any atom is -0.269 e. The lowest BCUT2D eigenvalue weighted by Gasteiger charge is -1.97. The molecule has 0 aliphatic rings. The van der Waals surface area contributed by atoms with Crippen LogP contribution in [0.3, 0.4) is 0 Å². The second-order valence-corrected chi connectivity index (χ2v) is 4.60. The molecule has 0 aromatic carbocycles. The topological polar surface area (TPSA) is 63.2 Å². The molecular formula is CH4F2NO3PS. The fourth-order valence-corrected chi connectivity index (χ4v) is 1.75. The van der Waals surface area contributed by atoms with Gasteiger partial charge in [-0.3, -0.25) is 4.57 Å². The number of hydrogen-bond acceptors (Lipinski definition) is 3. The van der Waals surface area contributed by atoms with Crippen LogP contribution in [0.1, 0.15) is 0 Å². The fraction of sp³-hybridized carbons (Fsp3) is 1.00. The number of nitrogens with one attached hydrogen (secondary N) is 1. The molecule has 0 bridgehead atoms. The Morgan fingerprint density at radius 1 is 1.56 bits per heavy atom. The van der Waals surface area contributed by atoms with Crippen molar-refractivity contribution in [2.75, 3.05) is 6.66 Å². The van der Waals surface area contributed by atoms with Gasteiger partial charge in [-0.2, -0.15) is 12.6 Å². The van der Waals surface area contributed by atoms with Crippen molar-refractivity contribution < 1.29 is 21.1 Å². The number of rotatable bonds is 2. The molecule has 56 valence electrons. The zero-order valence-corrected chi connectivity index (χ0v) is 6.05. The Hall–Kier alpha value is -0.0000000000000000555. The summed E-state index contributed by atoms with van der Waals surface area (Å²) < 4.78 is 52.4. The first-order chi connectivity index (χ1) is 3.71. The summed E-state index contributed by atoms with van der Waals surface area (Å²) in [5, 5.41) is 0. The molecule has 0 amide bonds. The zero-order valence-electron chi connectivity index (χ0n) is 4.34. The molecule has 0 radical (unpaired) electrons. The average molecular weight is 179 g/mol. The van der Waals surface area contributed by atoms with Crippen LogP contribution in [-0.2, 0) is 15.0 Å². The van der Waals surface area contributed by atoms with Crippen LogP contribution >= 0.6 is 7.60 Å². The molecule has 0 heterocycles. The van der Waals surface area contributed by atoms with Crippen LogP contribution in [0.4, 0.5) is 8.08 Å². The van der Waals surface area contributed by atoms with E-state index in [1.165, 1.54) is 0 Å². The third kappa shape index (κ3) is 8.00. The van der Waals surface area contributed by atoms with Gasteiger partial charge in [0.25, 0.3) is 0 Å². The zero-order chi connectivity index (χ0) is 7.71. The summed E-state index contributed by atoms with van der Waals surface area (Å²) >= 11 is 0. The van der Waals surface area contributed by atoms with Crippen molar-refractivity contribution in [3.63, 3.8) is 0 Å². The van der Waals surface area contributed by atoms with E-state index in [1.807, 2.05) is 0 Å². The van der Waals surface area contributed by atoms with E-state index in [0.717, 1.165) is 0 Å². The van der Waals surface area contributed by atoms with Crippen LogP contribution in [0, 0.1) is 0 Å². The maximum atomic E-state index is 11.7. The predicted molar refractivity (Wildman–Crippen MR) is 27.8 cm³/mol. The third-order valence-electron chi connectivity index (χ3n) is 0.272. The molecule has 9 heavy (non-hydrogen) atoms. The van der Waals surface area contributed by atoms with Crippen LogP contribution in [-0.4, -0.2) is 15.1 Å². The highest BCUT2D eigenvalue weighted by molar-refractivity contribution is 7.91. The second kappa shape index (κ2) is 2.32. The van der Waals surface area contributed by atoms with Crippen molar-refractivity contribution in [3.05, 3.63) is 0 Å². The van der Waals surface area contributed by atoms with Crippen LogP contribution < -0.4 is 4.49 Å². The maximum absolute atomic E-state index is 11.7. The molecule has 0 fully saturated rings. The van der Waals surface area contributed by atoms with E-state index in [9.17, 15) is 21.1 Å². The van der Waals surface area contributed by atoms with Gasteiger partial charge in [0, 0.05) is 6.66 Å². The standard InChI is InChI=1S/CH4F2NO3PS/c1-8(2,5)4-9(3,6)7/h1H3,(H,4,5). The minimum absolute atomic E-state index is 0.449. The molecule has 0 aliphatic heterocycles. The van der Waals surface area contributed by atoms with Gasteiger partial charge in [-0.1, -0.05) is 3.89 Å². The highest BCUT2D eigenvalue weighted by Gasteiger charge is 2.20. The van der Waals surface area contributed by atoms with Crippen molar-refractivity contribution in [2.45, 2.75) is 0 Å². The van der Waals surface area contributed by atoms with Crippen LogP contribution in [0.15, 0.2) is 0 Å². The Morgan fingerprint density at radius 3 is 1.89 bits per heavy atom. The smallest absolute Gasteiger partial charge is 0.269 e. The summed E-state index contributed by atoms with van der Waals surface area (Å²) in [5.41, 5.74) is 0. The summed E-state index contributed by atoms with van der Waals surface area (Å²) in [6, 6.07) is 0. The normalized spacial score (nSPS) is 19.0. The maximum Gasteiger partial charge on any atom is 0.379 e. The molecular weight excluding hydrogens is 175 g/mol. The summed E-state index contributed by atoms with van der Waals surface area (Å²) in [6.07, 6.45) is 0. The quantitative estimate of drug-likeness (QED) is 0.498. The van der Waals surface area contributed by atoms with E-state index in [1.54, 1.807) is 0 Å². The molecule has 0 spiro atoms. The predicted octanol–water partition coefficient (Wildman–Crippen LogP) is 0.583. The largest absolute Gasteiger partial charge is 0.379 e. The van der Waals surface area contributed by atoms with Gasteiger partial charge < -0.3 is 0 Å². The number of hydrogen-bond donors (Lipinski definition) is 1. The molecule has 0 rings (SSSR count). The Kier molecular flexibility index (Phi) is 2.32. The molecule has 0 saturated carbocycles. The van der Waals surface area contributed by atoms with E-state index in [-0.39, 0.29) is 0 Å². The first-order valence-electron chi connectivity index (χ1n) is 1.71. The van der Waals surface area contributed by atoms with Gasteiger partial charge in [0.05, 0.1) is 0 Å². The minimum atomic E-state index is -5.17. The van der Waals surface area contributed by atoms with E-state index in [2.05, 4.69) is 0 Å². The summed E-state index contributed by atoms with van der Waals surface area (Å²) in [7, 11) is -9.67. The summed E-state index contributed by atoms with van der Waals surface area (Å²) in [5.74, 6) is 0. The average Bonchev–Trinajstić information content (AvgIpc) is 1.14. The van der Waals surface area contributed by atoms with Gasteiger partial charge in [0.15, 0.2) is 0 Å². The lowest BCUT2D eigenvalue weighted by molar-refractivity contribution is 0.526. The highest BCUT2D eigenvalue weighted by atomic mass is 32.3. The first kappa shape index (κ1) is 9.00. The molecule has 8 heteroatoms. The summed E-state index contributed by atoms with van der Waals surface area (Å²) in [6.45, 7) is 0.449. The molecule has 1 unspecified atom stereocenters. The Morgan fingerprint density at radius 2 is 1.89 bits per heavy atom. The lowest BCUT2D eigenvalue weighted by Crippen LogP contribution is -2.12. The Bertz CT molecular complexity index is 228. The van der Waals surface area contributed by atoms with Crippen LogP contribution in [0.25, 0.3) is 0 Å². The lowest BCUT2D eigenvalue weighted by atomic mass is 12.0. The van der Waals surface area contributed by atoms with E-state index < -0.39 is 18.0 Å². The van der Waals surface area contributed by atoms with Crippen LogP contribution in [0.2, 0.25) is 0 Å². The Labute approximate surface area is 51.1 Å².